The van der Waals surface area contributed by atoms with Gasteiger partial charge in [0.2, 0.25) is 5.91 Å². The summed E-state index contributed by atoms with van der Waals surface area (Å²) < 4.78 is 1.45. The van der Waals surface area contributed by atoms with Gasteiger partial charge in [0, 0.05) is 6.20 Å². The summed E-state index contributed by atoms with van der Waals surface area (Å²) in [5.74, 6) is -0.308. The number of anilines is 1. The van der Waals surface area contributed by atoms with Crippen LogP contribution in [0.25, 0.3) is 0 Å². The molecular weight excluding hydrogens is 234 g/mol. The Morgan fingerprint density at radius 2 is 2.28 bits per heavy atom. The third-order valence-corrected chi connectivity index (χ3v) is 2.23. The minimum atomic E-state index is -0.440. The zero-order valence-electron chi connectivity index (χ0n) is 9.58. The lowest BCUT2D eigenvalue weighted by molar-refractivity contribution is -0.118. The number of rotatable bonds is 5. The topological polar surface area (TPSA) is 106 Å². The van der Waals surface area contributed by atoms with Gasteiger partial charge in [-0.25, -0.2) is 0 Å². The van der Waals surface area contributed by atoms with E-state index in [9.17, 15) is 4.79 Å². The average molecular weight is 247 g/mol. The van der Waals surface area contributed by atoms with Crippen LogP contribution in [-0.2, 0) is 17.9 Å². The lowest BCUT2D eigenvalue weighted by atomic mass is 10.3. The molecule has 0 unspecified atom stereocenters. The largest absolute Gasteiger partial charge is 0.506 e. The molecule has 2 rings (SSSR count). The molecule has 18 heavy (non-hydrogen) atoms. The van der Waals surface area contributed by atoms with Gasteiger partial charge in [0.25, 0.3) is 0 Å². The molecule has 1 amide bonds. The molecule has 4 N–H and O–H groups in total. The monoisotopic (exact) mass is 247 g/mol. The van der Waals surface area contributed by atoms with Crippen molar-refractivity contribution in [3.05, 3.63) is 36.4 Å². The van der Waals surface area contributed by atoms with Crippen LogP contribution in [0, 0.1) is 0 Å². The van der Waals surface area contributed by atoms with E-state index in [0.717, 1.165) is 11.4 Å². The van der Waals surface area contributed by atoms with Gasteiger partial charge in [0.1, 0.15) is 12.3 Å². The van der Waals surface area contributed by atoms with Crippen LogP contribution in [0.3, 0.4) is 0 Å². The Balaban J connectivity index is 1.92. The molecule has 0 fully saturated rings. The van der Waals surface area contributed by atoms with E-state index < -0.39 is 5.91 Å². The fourth-order valence-corrected chi connectivity index (χ4v) is 1.41. The normalized spacial score (nSPS) is 10.2. The van der Waals surface area contributed by atoms with E-state index >= 15 is 0 Å². The average Bonchev–Trinajstić information content (AvgIpc) is 2.75. The molecule has 2 heterocycles. The first kappa shape index (κ1) is 11.9. The summed E-state index contributed by atoms with van der Waals surface area (Å²) in [5, 5.41) is 16.2. The van der Waals surface area contributed by atoms with Crippen LogP contribution >= 0.6 is 0 Å². The van der Waals surface area contributed by atoms with Crippen molar-refractivity contribution < 1.29 is 9.90 Å². The highest BCUT2D eigenvalue weighted by Crippen LogP contribution is 2.09. The zero-order valence-corrected chi connectivity index (χ0v) is 9.58. The van der Waals surface area contributed by atoms with Crippen LogP contribution < -0.4 is 11.1 Å². The van der Waals surface area contributed by atoms with Crippen LogP contribution in [0.1, 0.15) is 5.69 Å². The van der Waals surface area contributed by atoms with E-state index in [2.05, 4.69) is 15.4 Å². The Morgan fingerprint density at radius 1 is 1.44 bits per heavy atom. The first-order valence-electron chi connectivity index (χ1n) is 5.32. The smallest absolute Gasteiger partial charge is 0.239 e. The van der Waals surface area contributed by atoms with Crippen LogP contribution in [0.2, 0.25) is 0 Å². The zero-order chi connectivity index (χ0) is 13.0. The molecule has 7 heteroatoms. The van der Waals surface area contributed by atoms with Crippen molar-refractivity contribution in [3.63, 3.8) is 0 Å². The van der Waals surface area contributed by atoms with Crippen molar-refractivity contribution in [2.45, 2.75) is 13.1 Å². The van der Waals surface area contributed by atoms with Gasteiger partial charge < -0.3 is 16.2 Å². The Bertz CT molecular complexity index is 535. The molecule has 94 valence electrons. The number of hydrogen-bond donors (Lipinski definition) is 3. The number of aromatic hydroxyl groups is 1. The highest BCUT2D eigenvalue weighted by molar-refractivity contribution is 5.73. The van der Waals surface area contributed by atoms with Gasteiger partial charge in [-0.2, -0.15) is 5.10 Å². The summed E-state index contributed by atoms with van der Waals surface area (Å²) in [6.45, 7) is 0.557. The number of nitrogens with zero attached hydrogens (tertiary/aromatic N) is 3. The first-order chi connectivity index (χ1) is 8.63. The van der Waals surface area contributed by atoms with Crippen molar-refractivity contribution in [1.82, 2.24) is 14.8 Å². The second-order valence-corrected chi connectivity index (χ2v) is 3.75. The second kappa shape index (κ2) is 5.17. The fraction of sp³-hybridized carbons (Fsp3) is 0.182. The third-order valence-electron chi connectivity index (χ3n) is 2.23. The van der Waals surface area contributed by atoms with E-state index in [0.29, 0.717) is 6.54 Å². The van der Waals surface area contributed by atoms with Gasteiger partial charge in [-0.15, -0.1) is 0 Å². The maximum atomic E-state index is 10.7. The molecule has 2 aromatic rings. The molecule has 0 saturated heterocycles. The molecule has 0 aliphatic heterocycles. The molecule has 7 nitrogen and oxygen atoms in total. The number of hydrogen-bond acceptors (Lipinski definition) is 5. The molecule has 0 radical (unpaired) electrons. The van der Waals surface area contributed by atoms with Crippen LogP contribution in [0.5, 0.6) is 5.75 Å². The van der Waals surface area contributed by atoms with Gasteiger partial charge in [-0.1, -0.05) is 0 Å². The number of nitrogens with one attached hydrogen (secondary N) is 1. The Kier molecular flexibility index (Phi) is 3.42. The molecule has 0 aliphatic carbocycles. The number of nitrogens with two attached hydrogens (primary N) is 1. The van der Waals surface area contributed by atoms with Gasteiger partial charge in [0.05, 0.1) is 30.3 Å². The summed E-state index contributed by atoms with van der Waals surface area (Å²) >= 11 is 0. The molecule has 0 aromatic carbocycles. The molecular formula is C11H13N5O2. The van der Waals surface area contributed by atoms with Gasteiger partial charge in [-0.3, -0.25) is 14.5 Å². The number of amides is 1. The highest BCUT2D eigenvalue weighted by Gasteiger charge is 2.01. The number of aromatic nitrogens is 3. The SMILES string of the molecule is NC(=O)Cn1cc(NCc2ccc(O)cn2)cn1. The Hall–Kier alpha value is -2.57. The molecule has 0 bridgehead atoms. The van der Waals surface area contributed by atoms with Gasteiger partial charge in [-0.05, 0) is 12.1 Å². The number of carbonyl (C=O) groups is 1. The van der Waals surface area contributed by atoms with E-state index in [1.165, 1.54) is 10.9 Å². The summed E-state index contributed by atoms with van der Waals surface area (Å²) in [6.07, 6.45) is 4.67. The summed E-state index contributed by atoms with van der Waals surface area (Å²) in [7, 11) is 0. The quantitative estimate of drug-likeness (QED) is 0.693. The Morgan fingerprint density at radius 3 is 2.94 bits per heavy atom. The van der Waals surface area contributed by atoms with Crippen molar-refractivity contribution in [3.8, 4) is 5.75 Å². The minimum Gasteiger partial charge on any atom is -0.506 e. The fourth-order valence-electron chi connectivity index (χ4n) is 1.41. The maximum absolute atomic E-state index is 10.7. The van der Waals surface area contributed by atoms with Crippen molar-refractivity contribution in [1.29, 1.82) is 0 Å². The summed E-state index contributed by atoms with van der Waals surface area (Å²) in [6, 6.07) is 3.29. The number of carbonyl (C=O) groups excluding carboxylic acids is 1. The molecule has 0 aliphatic rings. The minimum absolute atomic E-state index is 0.0547. The predicted octanol–water partition coefficient (Wildman–Crippen LogP) is 0.0811. The molecule has 0 saturated carbocycles. The molecule has 2 aromatic heterocycles. The molecule has 0 atom stereocenters. The van der Waals surface area contributed by atoms with Crippen LogP contribution in [-0.4, -0.2) is 25.8 Å². The third kappa shape index (κ3) is 3.21. The maximum Gasteiger partial charge on any atom is 0.239 e. The lowest BCUT2D eigenvalue weighted by Crippen LogP contribution is -2.18. The van der Waals surface area contributed by atoms with Crippen LogP contribution in [0.4, 0.5) is 5.69 Å². The Labute approximate surface area is 103 Å². The van der Waals surface area contributed by atoms with E-state index in [1.807, 2.05) is 0 Å². The van der Waals surface area contributed by atoms with Crippen molar-refractivity contribution >= 4 is 11.6 Å². The van der Waals surface area contributed by atoms with Crippen molar-refractivity contribution in [2.24, 2.45) is 5.73 Å². The highest BCUT2D eigenvalue weighted by atomic mass is 16.3. The van der Waals surface area contributed by atoms with E-state index in [1.54, 1.807) is 24.5 Å². The first-order valence-corrected chi connectivity index (χ1v) is 5.32. The van der Waals surface area contributed by atoms with E-state index in [-0.39, 0.29) is 12.3 Å². The van der Waals surface area contributed by atoms with E-state index in [4.69, 9.17) is 10.8 Å². The second-order valence-electron chi connectivity index (χ2n) is 3.75. The van der Waals surface area contributed by atoms with Gasteiger partial charge in [0.15, 0.2) is 0 Å². The summed E-state index contributed by atoms with van der Waals surface area (Å²) in [5.41, 5.74) is 6.62. The van der Waals surface area contributed by atoms with Crippen LogP contribution in [0.15, 0.2) is 30.7 Å². The standard InChI is InChI=1S/C11H13N5O2/c12-11(18)7-16-6-9(4-15-16)13-3-8-1-2-10(17)5-14-8/h1-2,4-6,13,17H,3,7H2,(H2,12,18). The lowest BCUT2D eigenvalue weighted by Gasteiger charge is -2.02. The molecule has 0 spiro atoms. The predicted molar refractivity (Wildman–Crippen MR) is 64.6 cm³/mol. The number of pyridine rings is 1. The summed E-state index contributed by atoms with van der Waals surface area (Å²) in [4.78, 5) is 14.7. The van der Waals surface area contributed by atoms with Crippen molar-refractivity contribution in [2.75, 3.05) is 5.32 Å². The number of primary amides is 1. The van der Waals surface area contributed by atoms with Gasteiger partial charge >= 0.3 is 0 Å².